The van der Waals surface area contributed by atoms with Crippen molar-refractivity contribution >= 4 is 23.6 Å². The Balaban J connectivity index is 1.05. The van der Waals surface area contributed by atoms with Crippen LogP contribution < -0.4 is 21.3 Å². The van der Waals surface area contributed by atoms with Gasteiger partial charge in [-0.25, -0.2) is 0 Å². The molecule has 9 rings (SSSR count). The van der Waals surface area contributed by atoms with E-state index in [4.69, 9.17) is 80.5 Å². The standard InChI is InChI=1S/C62H104N4O45/c1-14-31(77)41(87)45(91)58(97-14)95-13-26-50(38(84)27(54(94)98-26)63-15(2)73)106-56-29(65-17(4)75)39(85)49(24(11-72)103-56)108-60-47(93)51(36(82)25(105-60)12-96-61-52(43(89)34(80)21(8-69)101-61)110-55-28(64-16(3)74)37(83)32(78)19(6-67)99-55)109-62-53(44(90)35(81)22(9-70)102-62)111-57-30(66-18(5)76)40(86)48(23(10-71)104-57)107-59-46(92)42(88)33(79)20(7-68)100-59/h14,19-62,67-72,77-94H,6-13H2,1-5H3,(H,63,73)(H,64,74)(H,65,75)(H,66,76)/t14-,19-,20-,21-,22-,23-,24-,25-,26-,27-,28-,29-,30-,31+,32-,33+,34-,35-,36-,37-,38-,39-,40-,41+,42+,43+,44+,45-,46-,47+,48-,49-,50-,51+,52+,53+,54-,55+,56+,57+,58+,59+,60+,61+,62-/m1/s1. The number of carbonyl (C=O) groups is 4. The van der Waals surface area contributed by atoms with Gasteiger partial charge in [0.25, 0.3) is 0 Å². The molecule has 9 fully saturated rings. The van der Waals surface area contributed by atoms with Crippen molar-refractivity contribution in [2.75, 3.05) is 52.9 Å². The zero-order valence-corrected chi connectivity index (χ0v) is 59.9. The molecule has 49 heteroatoms. The second kappa shape index (κ2) is 39.7. The summed E-state index contributed by atoms with van der Waals surface area (Å²) in [5.41, 5.74) is 0. The summed E-state index contributed by atoms with van der Waals surface area (Å²) in [5, 5.41) is 276. The highest BCUT2D eigenvalue weighted by Gasteiger charge is 2.61. The lowest BCUT2D eigenvalue weighted by Gasteiger charge is -2.51. The average molecular weight is 1630 g/mol. The van der Waals surface area contributed by atoms with Gasteiger partial charge in [0.15, 0.2) is 56.6 Å². The van der Waals surface area contributed by atoms with E-state index >= 15 is 0 Å². The Kier molecular flexibility index (Phi) is 32.6. The summed E-state index contributed by atoms with van der Waals surface area (Å²) < 4.78 is 101. The van der Waals surface area contributed by atoms with Crippen LogP contribution in [0.4, 0.5) is 0 Å². The zero-order chi connectivity index (χ0) is 81.8. The summed E-state index contributed by atoms with van der Waals surface area (Å²) in [5.74, 6) is -3.59. The Hall–Kier alpha value is -3.76. The smallest absolute Gasteiger partial charge is 0.217 e. The number of nitrogens with one attached hydrogen (secondary N) is 4. The maximum Gasteiger partial charge on any atom is 0.217 e. The van der Waals surface area contributed by atoms with Gasteiger partial charge in [0.05, 0.1) is 59.0 Å². The largest absolute Gasteiger partial charge is 0.394 e. The Morgan fingerprint density at radius 2 is 0.559 bits per heavy atom. The van der Waals surface area contributed by atoms with E-state index in [-0.39, 0.29) is 0 Å². The minimum Gasteiger partial charge on any atom is -0.394 e. The van der Waals surface area contributed by atoms with E-state index in [1.165, 1.54) is 6.92 Å². The summed E-state index contributed by atoms with van der Waals surface area (Å²) in [6.07, 6.45) is -83.4. The van der Waals surface area contributed by atoms with Gasteiger partial charge in [-0.2, -0.15) is 0 Å². The second-order valence-electron chi connectivity index (χ2n) is 28.2. The summed E-state index contributed by atoms with van der Waals surface area (Å²) in [6.45, 7) is -3.36. The maximum absolute atomic E-state index is 13.2. The highest BCUT2D eigenvalue weighted by Crippen LogP contribution is 2.40. The zero-order valence-electron chi connectivity index (χ0n) is 59.9. The van der Waals surface area contributed by atoms with Crippen molar-refractivity contribution < 1.29 is 222 Å². The number of amides is 4. The van der Waals surface area contributed by atoms with Gasteiger partial charge in [0.2, 0.25) is 23.6 Å². The van der Waals surface area contributed by atoms with Crippen LogP contribution in [0.3, 0.4) is 0 Å². The number of ether oxygens (including phenoxy) is 17. The fraction of sp³-hybridized carbons (Fsp3) is 0.935. The van der Waals surface area contributed by atoms with E-state index in [2.05, 4.69) is 21.3 Å². The summed E-state index contributed by atoms with van der Waals surface area (Å²) >= 11 is 0. The van der Waals surface area contributed by atoms with E-state index in [1.807, 2.05) is 0 Å². The molecule has 9 aliphatic heterocycles. The number of aliphatic hydroxyl groups excluding tert-OH is 24. The number of aliphatic hydroxyl groups is 24. The third kappa shape index (κ3) is 20.3. The monoisotopic (exact) mass is 1620 g/mol. The Morgan fingerprint density at radius 3 is 1.03 bits per heavy atom. The summed E-state index contributed by atoms with van der Waals surface area (Å²) in [6, 6.07) is -7.40. The van der Waals surface area contributed by atoms with E-state index in [9.17, 15) is 142 Å². The lowest BCUT2D eigenvalue weighted by molar-refractivity contribution is -0.398. The van der Waals surface area contributed by atoms with Gasteiger partial charge in [0.1, 0.15) is 213 Å². The highest BCUT2D eigenvalue weighted by molar-refractivity contribution is 5.74. The molecule has 0 aromatic rings. The van der Waals surface area contributed by atoms with Crippen molar-refractivity contribution in [1.29, 1.82) is 0 Å². The Morgan fingerprint density at radius 1 is 0.252 bits per heavy atom. The normalized spacial score (nSPS) is 49.3. The van der Waals surface area contributed by atoms with Crippen LogP contribution in [0.2, 0.25) is 0 Å². The van der Waals surface area contributed by atoms with Crippen LogP contribution in [-0.2, 0) is 99.7 Å². The quantitative estimate of drug-likeness (QED) is 0.0346. The minimum absolute atomic E-state index is 0.828. The van der Waals surface area contributed by atoms with Crippen molar-refractivity contribution in [1.82, 2.24) is 21.3 Å². The van der Waals surface area contributed by atoms with Gasteiger partial charge in [-0.05, 0) is 6.92 Å². The lowest BCUT2D eigenvalue weighted by atomic mass is 9.93. The fourth-order valence-electron chi connectivity index (χ4n) is 14.3. The predicted octanol–water partition coefficient (Wildman–Crippen LogP) is -19.0. The average Bonchev–Trinajstić information content (AvgIpc) is 0.768. The van der Waals surface area contributed by atoms with Crippen LogP contribution in [0, 0.1) is 0 Å². The molecule has 9 saturated heterocycles. The maximum atomic E-state index is 13.2. The predicted molar refractivity (Wildman–Crippen MR) is 342 cm³/mol. The third-order valence-electron chi connectivity index (χ3n) is 20.3. The molecule has 4 amide bonds. The molecule has 0 saturated carbocycles. The first-order chi connectivity index (χ1) is 52.4. The highest BCUT2D eigenvalue weighted by atomic mass is 16.8. The van der Waals surface area contributed by atoms with Crippen molar-refractivity contribution in [3.8, 4) is 0 Å². The number of carbonyl (C=O) groups excluding carboxylic acids is 4. The van der Waals surface area contributed by atoms with E-state index in [0.717, 1.165) is 27.7 Å². The molecule has 49 nitrogen and oxygen atoms in total. The first-order valence-corrected chi connectivity index (χ1v) is 35.5. The first kappa shape index (κ1) is 91.1. The van der Waals surface area contributed by atoms with Crippen molar-refractivity contribution in [2.24, 2.45) is 0 Å². The molecular formula is C62H104N4O45. The van der Waals surface area contributed by atoms with Gasteiger partial charge in [-0.1, -0.05) is 0 Å². The molecule has 45 atom stereocenters. The van der Waals surface area contributed by atoms with Crippen molar-refractivity contribution in [3.05, 3.63) is 0 Å². The van der Waals surface area contributed by atoms with Crippen LogP contribution in [-0.4, -0.2) is 475 Å². The molecule has 0 bridgehead atoms. The number of rotatable bonds is 28. The summed E-state index contributed by atoms with van der Waals surface area (Å²) in [7, 11) is 0. The Labute approximate surface area is 629 Å². The molecule has 0 radical (unpaired) electrons. The topological polar surface area (TPSA) is 759 Å². The van der Waals surface area contributed by atoms with Crippen LogP contribution in [0.1, 0.15) is 34.6 Å². The van der Waals surface area contributed by atoms with Gasteiger partial charge < -0.3 is 224 Å². The number of hydrogen-bond donors (Lipinski definition) is 28. The molecule has 0 aliphatic carbocycles. The van der Waals surface area contributed by atoms with Crippen molar-refractivity contribution in [3.63, 3.8) is 0 Å². The first-order valence-electron chi connectivity index (χ1n) is 35.5. The van der Waals surface area contributed by atoms with Crippen LogP contribution in [0.15, 0.2) is 0 Å². The molecule has 0 aromatic carbocycles. The lowest BCUT2D eigenvalue weighted by Crippen LogP contribution is -2.71. The van der Waals surface area contributed by atoms with E-state index in [1.54, 1.807) is 0 Å². The van der Waals surface area contributed by atoms with Crippen LogP contribution in [0.25, 0.3) is 0 Å². The van der Waals surface area contributed by atoms with Crippen LogP contribution >= 0.6 is 0 Å². The minimum atomic E-state index is -2.57. The number of hydrogen-bond acceptors (Lipinski definition) is 45. The van der Waals surface area contributed by atoms with E-state index < -0.39 is 353 Å². The molecule has 28 N–H and O–H groups in total. The molecule has 0 spiro atoms. The third-order valence-corrected chi connectivity index (χ3v) is 20.3. The molecular weight excluding hydrogens is 1520 g/mol. The fourth-order valence-corrected chi connectivity index (χ4v) is 14.3. The van der Waals surface area contributed by atoms with Crippen molar-refractivity contribution in [2.45, 2.75) is 311 Å². The SMILES string of the molecule is CC(=O)N[C@@H]1[C@@H](O)[C@H](O[C@@H]2O[C@H](CO)[C@@H](O[C@@H]3O[C@H](CO[C@H]4O[C@H](CO)[C@@H](O)[C@H](O)[C@@H]4O[C@@H]4O[C@H](CO)[C@@H](O)[C@H](O)[C@H]4NC(C)=O)[C@@H](O)[C@H](O[C@H]4O[C@H](CO)[C@@H](O)[C@H](O)[C@@H]4O[C@@H]4O[C@H](CO)[C@@H](O[C@@H]5O[C@H](CO)[C@H](O)[C@H](O)[C@H]5O)[C@H](O)[C@H]4NC(C)=O)[C@@H]3O)[C@H](O)[C@H]2NC(C)=O)[C@@H](CO[C@H]2O[C@H](C)[C@H](O)[C@H](O)[C@H]2O)O[C@H]1O. The molecule has 9 heterocycles. The van der Waals surface area contributed by atoms with Gasteiger partial charge in [-0.15, -0.1) is 0 Å². The van der Waals surface area contributed by atoms with Gasteiger partial charge in [-0.3, -0.25) is 19.2 Å². The van der Waals surface area contributed by atoms with Gasteiger partial charge in [0, 0.05) is 27.7 Å². The summed E-state index contributed by atoms with van der Waals surface area (Å²) in [4.78, 5) is 50.9. The van der Waals surface area contributed by atoms with E-state index in [0.29, 0.717) is 0 Å². The molecule has 9 aliphatic rings. The molecule has 111 heavy (non-hydrogen) atoms. The molecule has 0 unspecified atom stereocenters. The molecule has 642 valence electrons. The second-order valence-corrected chi connectivity index (χ2v) is 28.2. The van der Waals surface area contributed by atoms with Gasteiger partial charge >= 0.3 is 0 Å². The molecule has 0 aromatic heterocycles. The van der Waals surface area contributed by atoms with Crippen LogP contribution in [0.5, 0.6) is 0 Å². The Bertz CT molecular complexity index is 2950.